The predicted octanol–water partition coefficient (Wildman–Crippen LogP) is 3.49. The minimum atomic E-state index is -3.67. The van der Waals surface area contributed by atoms with Gasteiger partial charge in [0.05, 0.1) is 6.26 Å². The highest BCUT2D eigenvalue weighted by Gasteiger charge is 1.81. The molecule has 0 bridgehead atoms. The van der Waals surface area contributed by atoms with Gasteiger partial charge in [0, 0.05) is 0 Å². The van der Waals surface area contributed by atoms with Crippen LogP contribution < -0.4 is 0 Å². The zero-order chi connectivity index (χ0) is 14.7. The molecule has 0 heterocycles. The Morgan fingerprint density at radius 2 is 0.947 bits per heavy atom. The number of benzene rings is 2. The highest BCUT2D eigenvalue weighted by Crippen LogP contribution is 1.92. The maximum absolute atomic E-state index is 9.19. The van der Waals surface area contributed by atoms with E-state index in [0.29, 0.717) is 6.26 Å². The molecule has 0 atom stereocenters. The van der Waals surface area contributed by atoms with Gasteiger partial charge in [-0.15, -0.1) is 0 Å². The van der Waals surface area contributed by atoms with Gasteiger partial charge in [0.1, 0.15) is 0 Å². The molecule has 0 aliphatic heterocycles. The third-order valence-corrected chi connectivity index (χ3v) is 1.88. The normalized spacial score (nSPS) is 9.47. The van der Waals surface area contributed by atoms with Crippen molar-refractivity contribution >= 4 is 10.1 Å². The van der Waals surface area contributed by atoms with Gasteiger partial charge in [-0.2, -0.15) is 8.42 Å². The van der Waals surface area contributed by atoms with Crippen molar-refractivity contribution in [3.63, 3.8) is 0 Å². The summed E-state index contributed by atoms with van der Waals surface area (Å²) in [5.41, 5.74) is 2.64. The Morgan fingerprint density at radius 1 is 0.737 bits per heavy atom. The molecule has 19 heavy (non-hydrogen) atoms. The van der Waals surface area contributed by atoms with E-state index in [0.717, 1.165) is 0 Å². The van der Waals surface area contributed by atoms with E-state index in [4.69, 9.17) is 4.55 Å². The van der Waals surface area contributed by atoms with E-state index in [1.54, 1.807) is 0 Å². The van der Waals surface area contributed by atoms with Gasteiger partial charge in [-0.25, -0.2) is 0 Å². The second kappa shape index (κ2) is 9.30. The van der Waals surface area contributed by atoms with Crippen LogP contribution >= 0.6 is 0 Å². The van der Waals surface area contributed by atoms with Crippen LogP contribution in [0.25, 0.3) is 0 Å². The molecule has 2 rings (SSSR count). The van der Waals surface area contributed by atoms with E-state index in [-0.39, 0.29) is 0 Å². The predicted molar refractivity (Wildman–Crippen MR) is 79.8 cm³/mol. The van der Waals surface area contributed by atoms with Crippen molar-refractivity contribution in [2.24, 2.45) is 0 Å². The van der Waals surface area contributed by atoms with Crippen molar-refractivity contribution < 1.29 is 13.0 Å². The minimum Gasteiger partial charge on any atom is -0.286 e. The second-order valence-electron chi connectivity index (χ2n) is 4.04. The molecule has 0 aliphatic carbocycles. The summed E-state index contributed by atoms with van der Waals surface area (Å²) in [6.45, 7) is 4.17. The van der Waals surface area contributed by atoms with Crippen molar-refractivity contribution in [1.82, 2.24) is 0 Å². The van der Waals surface area contributed by atoms with E-state index < -0.39 is 10.1 Å². The lowest BCUT2D eigenvalue weighted by atomic mass is 10.2. The average molecular weight is 280 g/mol. The highest BCUT2D eigenvalue weighted by molar-refractivity contribution is 7.85. The second-order valence-corrected chi connectivity index (χ2v) is 5.51. The van der Waals surface area contributed by atoms with Crippen LogP contribution in [0.4, 0.5) is 0 Å². The maximum atomic E-state index is 9.19. The fourth-order valence-electron chi connectivity index (χ4n) is 1.07. The number of aryl methyl sites for hydroxylation is 2. The summed E-state index contributed by atoms with van der Waals surface area (Å²) >= 11 is 0. The van der Waals surface area contributed by atoms with Crippen LogP contribution in [0, 0.1) is 13.8 Å². The molecule has 3 nitrogen and oxygen atoms in total. The van der Waals surface area contributed by atoms with E-state index in [1.807, 2.05) is 36.4 Å². The van der Waals surface area contributed by atoms with E-state index in [9.17, 15) is 8.42 Å². The lowest BCUT2D eigenvalue weighted by Crippen LogP contribution is -1.88. The summed E-state index contributed by atoms with van der Waals surface area (Å²) in [7, 11) is -3.67. The fourth-order valence-corrected chi connectivity index (χ4v) is 1.07. The average Bonchev–Trinajstić information content (AvgIpc) is 2.29. The SMILES string of the molecule is CS(=O)(=O)O.Cc1ccccc1.Cc1ccccc1. The minimum absolute atomic E-state index is 0.715. The number of hydrogen-bond acceptors (Lipinski definition) is 2. The van der Waals surface area contributed by atoms with Gasteiger partial charge in [-0.3, -0.25) is 4.55 Å². The van der Waals surface area contributed by atoms with Crippen LogP contribution in [-0.4, -0.2) is 19.2 Å². The molecule has 0 aromatic heterocycles. The Kier molecular flexibility index (Phi) is 8.49. The largest absolute Gasteiger partial charge is 0.286 e. The molecule has 4 heteroatoms. The van der Waals surface area contributed by atoms with E-state index in [2.05, 4.69) is 38.1 Å². The lowest BCUT2D eigenvalue weighted by molar-refractivity contribution is 0.490. The smallest absolute Gasteiger partial charge is 0.261 e. The molecule has 0 unspecified atom stereocenters. The standard InChI is InChI=1S/2C7H8.CH4O3S/c2*1-7-5-3-2-4-6-7;1-5(2,3)4/h2*2-6H,1H3;1H3,(H,2,3,4). The zero-order valence-corrected chi connectivity index (χ0v) is 12.3. The van der Waals surface area contributed by atoms with Gasteiger partial charge < -0.3 is 0 Å². The molecule has 2 aromatic rings. The van der Waals surface area contributed by atoms with Gasteiger partial charge >= 0.3 is 0 Å². The third kappa shape index (κ3) is 16.4. The Bertz CT molecular complexity index is 489. The van der Waals surface area contributed by atoms with Crippen LogP contribution in [0.3, 0.4) is 0 Å². The summed E-state index contributed by atoms with van der Waals surface area (Å²) in [6, 6.07) is 20.5. The summed E-state index contributed by atoms with van der Waals surface area (Å²) in [5.74, 6) is 0. The topological polar surface area (TPSA) is 54.4 Å². The van der Waals surface area contributed by atoms with Crippen LogP contribution in [0.5, 0.6) is 0 Å². The van der Waals surface area contributed by atoms with Gasteiger partial charge in [-0.1, -0.05) is 71.8 Å². The molecule has 0 fully saturated rings. The summed E-state index contributed by atoms with van der Waals surface area (Å²) < 4.78 is 25.9. The van der Waals surface area contributed by atoms with Gasteiger partial charge in [-0.05, 0) is 13.8 Å². The molecule has 0 aliphatic rings. The van der Waals surface area contributed by atoms with Crippen molar-refractivity contribution in [2.75, 3.05) is 6.26 Å². The first-order chi connectivity index (χ1) is 8.79. The summed E-state index contributed by atoms with van der Waals surface area (Å²) in [4.78, 5) is 0. The van der Waals surface area contributed by atoms with Crippen LogP contribution in [0.2, 0.25) is 0 Å². The highest BCUT2D eigenvalue weighted by atomic mass is 32.2. The molecule has 0 radical (unpaired) electrons. The molecular formula is C15H20O3S. The molecule has 0 saturated heterocycles. The van der Waals surface area contributed by atoms with Gasteiger partial charge in [0.25, 0.3) is 10.1 Å². The lowest BCUT2D eigenvalue weighted by Gasteiger charge is -1.82. The number of hydrogen-bond donors (Lipinski definition) is 1. The molecular weight excluding hydrogens is 260 g/mol. The molecule has 2 aromatic carbocycles. The Morgan fingerprint density at radius 3 is 1.05 bits per heavy atom. The first-order valence-corrected chi connectivity index (χ1v) is 7.59. The van der Waals surface area contributed by atoms with Crippen molar-refractivity contribution in [3.8, 4) is 0 Å². The van der Waals surface area contributed by atoms with Crippen LogP contribution in [-0.2, 0) is 10.1 Å². The fraction of sp³-hybridized carbons (Fsp3) is 0.200. The number of rotatable bonds is 0. The molecule has 0 spiro atoms. The zero-order valence-electron chi connectivity index (χ0n) is 11.4. The maximum Gasteiger partial charge on any atom is 0.261 e. The van der Waals surface area contributed by atoms with Crippen molar-refractivity contribution in [3.05, 3.63) is 71.8 Å². The summed E-state index contributed by atoms with van der Waals surface area (Å²) in [6.07, 6.45) is 0.715. The first-order valence-electron chi connectivity index (χ1n) is 5.75. The first kappa shape index (κ1) is 17.4. The Balaban J connectivity index is 0.000000261. The molecule has 104 valence electrons. The van der Waals surface area contributed by atoms with Gasteiger partial charge in [0.2, 0.25) is 0 Å². The van der Waals surface area contributed by atoms with Crippen LogP contribution in [0.1, 0.15) is 11.1 Å². The molecule has 1 N–H and O–H groups in total. The quantitative estimate of drug-likeness (QED) is 0.751. The third-order valence-electron chi connectivity index (χ3n) is 1.88. The van der Waals surface area contributed by atoms with E-state index in [1.165, 1.54) is 11.1 Å². The Hall–Kier alpha value is -1.65. The molecule has 0 amide bonds. The summed E-state index contributed by atoms with van der Waals surface area (Å²) in [5, 5.41) is 0. The van der Waals surface area contributed by atoms with Crippen molar-refractivity contribution in [2.45, 2.75) is 13.8 Å². The monoisotopic (exact) mass is 280 g/mol. The molecule has 0 saturated carbocycles. The van der Waals surface area contributed by atoms with Crippen LogP contribution in [0.15, 0.2) is 60.7 Å². The van der Waals surface area contributed by atoms with Gasteiger partial charge in [0.15, 0.2) is 0 Å². The Labute approximate surface area is 115 Å². The van der Waals surface area contributed by atoms with E-state index >= 15 is 0 Å². The van der Waals surface area contributed by atoms with Crippen molar-refractivity contribution in [1.29, 1.82) is 0 Å².